The monoisotopic (exact) mass is 375 g/mol. The third kappa shape index (κ3) is 3.82. The summed E-state index contributed by atoms with van der Waals surface area (Å²) in [5.41, 5.74) is 1.92. The predicted molar refractivity (Wildman–Crippen MR) is 113 cm³/mol. The van der Waals surface area contributed by atoms with Gasteiger partial charge in [-0.25, -0.2) is 0 Å². The van der Waals surface area contributed by atoms with Crippen LogP contribution in [0.25, 0.3) is 21.2 Å². The molecule has 4 heteroatoms. The summed E-state index contributed by atoms with van der Waals surface area (Å²) in [5, 5.41) is 7.51. The average molecular weight is 376 g/mol. The van der Waals surface area contributed by atoms with E-state index in [0.717, 1.165) is 21.0 Å². The highest BCUT2D eigenvalue weighted by molar-refractivity contribution is 8.00. The first-order chi connectivity index (χ1) is 12.8. The maximum absolute atomic E-state index is 12.4. The number of amides is 1. The number of anilines is 1. The van der Waals surface area contributed by atoms with E-state index in [2.05, 4.69) is 41.7 Å². The van der Waals surface area contributed by atoms with Gasteiger partial charge >= 0.3 is 0 Å². The van der Waals surface area contributed by atoms with Crippen LogP contribution in [0.5, 0.6) is 0 Å². The van der Waals surface area contributed by atoms with Crippen molar-refractivity contribution >= 4 is 45.5 Å². The second-order valence-corrected chi connectivity index (χ2v) is 7.87. The molecule has 128 valence electrons. The molecular weight excluding hydrogens is 358 g/mol. The second kappa shape index (κ2) is 7.77. The van der Waals surface area contributed by atoms with Gasteiger partial charge < -0.3 is 5.32 Å². The highest BCUT2D eigenvalue weighted by Crippen LogP contribution is 2.31. The minimum atomic E-state index is 0.00663. The topological polar surface area (TPSA) is 29.1 Å². The number of nitrogens with one attached hydrogen (secondary N) is 1. The van der Waals surface area contributed by atoms with E-state index in [1.807, 2.05) is 47.8 Å². The molecule has 0 atom stereocenters. The fourth-order valence-electron chi connectivity index (χ4n) is 2.83. The molecule has 1 aromatic heterocycles. The van der Waals surface area contributed by atoms with Crippen molar-refractivity contribution in [3.8, 4) is 10.4 Å². The molecule has 0 saturated carbocycles. The predicted octanol–water partition coefficient (Wildman–Crippen LogP) is 6.30. The fourth-order valence-corrected chi connectivity index (χ4v) is 4.34. The zero-order valence-electron chi connectivity index (χ0n) is 14.0. The lowest BCUT2D eigenvalue weighted by Crippen LogP contribution is -2.14. The van der Waals surface area contributed by atoms with Crippen LogP contribution >= 0.6 is 23.1 Å². The van der Waals surface area contributed by atoms with Crippen LogP contribution in [0.4, 0.5) is 5.69 Å². The molecule has 0 aliphatic rings. The summed E-state index contributed by atoms with van der Waals surface area (Å²) in [5.74, 6) is 0.393. The van der Waals surface area contributed by atoms with Crippen molar-refractivity contribution in [2.24, 2.45) is 0 Å². The van der Waals surface area contributed by atoms with Gasteiger partial charge in [-0.3, -0.25) is 4.79 Å². The maximum atomic E-state index is 12.4. The van der Waals surface area contributed by atoms with Crippen LogP contribution in [0.3, 0.4) is 0 Å². The smallest absolute Gasteiger partial charge is 0.234 e. The quantitative estimate of drug-likeness (QED) is 0.415. The summed E-state index contributed by atoms with van der Waals surface area (Å²) in [6.07, 6.45) is 0. The van der Waals surface area contributed by atoms with Crippen LogP contribution in [0, 0.1) is 0 Å². The molecular formula is C22H17NOS2. The lowest BCUT2D eigenvalue weighted by molar-refractivity contribution is -0.113. The lowest BCUT2D eigenvalue weighted by Gasteiger charge is -2.10. The first-order valence-corrected chi connectivity index (χ1v) is 10.2. The number of hydrogen-bond donors (Lipinski definition) is 1. The molecule has 2 nitrogen and oxygen atoms in total. The molecule has 1 N–H and O–H groups in total. The number of fused-ring (bicyclic) bond motifs is 1. The Balaban J connectivity index is 1.44. The van der Waals surface area contributed by atoms with Crippen LogP contribution in [0.2, 0.25) is 0 Å². The Hall–Kier alpha value is -2.56. The van der Waals surface area contributed by atoms with E-state index in [1.165, 1.54) is 10.8 Å². The van der Waals surface area contributed by atoms with Gasteiger partial charge in [0.05, 0.1) is 5.75 Å². The summed E-state index contributed by atoms with van der Waals surface area (Å²) in [6.45, 7) is 0. The molecule has 0 radical (unpaired) electrons. The summed E-state index contributed by atoms with van der Waals surface area (Å²) in [4.78, 5) is 14.7. The molecule has 0 fully saturated rings. The van der Waals surface area contributed by atoms with Gasteiger partial charge in [0.25, 0.3) is 0 Å². The standard InChI is InChI=1S/C22H17NOS2/c24-22(15-26-18-12-11-16-6-1-2-7-17(16)14-18)23-20-9-4-3-8-19(20)21-10-5-13-25-21/h1-14H,15H2,(H,23,24). The zero-order chi connectivity index (χ0) is 17.8. The minimum Gasteiger partial charge on any atom is -0.325 e. The lowest BCUT2D eigenvalue weighted by atomic mass is 10.1. The van der Waals surface area contributed by atoms with Gasteiger partial charge in [0.1, 0.15) is 0 Å². The summed E-state index contributed by atoms with van der Waals surface area (Å²) in [6, 6.07) is 26.6. The van der Waals surface area contributed by atoms with Gasteiger partial charge in [-0.1, -0.05) is 54.6 Å². The molecule has 3 aromatic carbocycles. The Morgan fingerprint density at radius 1 is 0.885 bits per heavy atom. The van der Waals surface area contributed by atoms with E-state index in [9.17, 15) is 4.79 Å². The Labute approximate surface area is 160 Å². The number of thiophene rings is 1. The van der Waals surface area contributed by atoms with E-state index >= 15 is 0 Å². The molecule has 26 heavy (non-hydrogen) atoms. The molecule has 1 amide bonds. The molecule has 0 aliphatic heterocycles. The van der Waals surface area contributed by atoms with E-state index in [0.29, 0.717) is 5.75 Å². The van der Waals surface area contributed by atoms with Crippen LogP contribution < -0.4 is 5.32 Å². The number of carbonyl (C=O) groups excluding carboxylic acids is 1. The van der Waals surface area contributed by atoms with Gasteiger partial charge in [0.15, 0.2) is 0 Å². The van der Waals surface area contributed by atoms with E-state index in [1.54, 1.807) is 23.1 Å². The van der Waals surface area contributed by atoms with Gasteiger partial charge in [0, 0.05) is 21.0 Å². The largest absolute Gasteiger partial charge is 0.325 e. The van der Waals surface area contributed by atoms with Crippen molar-refractivity contribution < 1.29 is 4.79 Å². The highest BCUT2D eigenvalue weighted by atomic mass is 32.2. The molecule has 0 saturated heterocycles. The third-order valence-electron chi connectivity index (χ3n) is 4.08. The van der Waals surface area contributed by atoms with Crippen LogP contribution in [0.15, 0.2) is 89.1 Å². The summed E-state index contributed by atoms with van der Waals surface area (Å²) >= 11 is 3.23. The first kappa shape index (κ1) is 16.9. The van der Waals surface area contributed by atoms with Gasteiger partial charge in [-0.05, 0) is 40.4 Å². The molecule has 1 heterocycles. The number of carbonyl (C=O) groups is 1. The van der Waals surface area contributed by atoms with E-state index < -0.39 is 0 Å². The van der Waals surface area contributed by atoms with Crippen molar-refractivity contribution in [2.45, 2.75) is 4.90 Å². The van der Waals surface area contributed by atoms with E-state index in [-0.39, 0.29) is 5.91 Å². The molecule has 0 unspecified atom stereocenters. The molecule has 4 rings (SSSR count). The Bertz CT molecular complexity index is 1040. The fraction of sp³-hybridized carbons (Fsp3) is 0.0455. The summed E-state index contributed by atoms with van der Waals surface area (Å²) in [7, 11) is 0. The number of thioether (sulfide) groups is 1. The molecule has 0 spiro atoms. The molecule has 0 aliphatic carbocycles. The van der Waals surface area contributed by atoms with Crippen LogP contribution in [0.1, 0.15) is 0 Å². The van der Waals surface area contributed by atoms with Gasteiger partial charge in [0.2, 0.25) is 5.91 Å². The molecule has 0 bridgehead atoms. The van der Waals surface area contributed by atoms with Crippen molar-refractivity contribution in [1.29, 1.82) is 0 Å². The minimum absolute atomic E-state index is 0.00663. The third-order valence-corrected chi connectivity index (χ3v) is 5.98. The Kier molecular flexibility index (Phi) is 5.04. The van der Waals surface area contributed by atoms with Gasteiger partial charge in [-0.2, -0.15) is 0 Å². The van der Waals surface area contributed by atoms with E-state index in [4.69, 9.17) is 0 Å². The number of rotatable bonds is 5. The summed E-state index contributed by atoms with van der Waals surface area (Å²) < 4.78 is 0. The first-order valence-electron chi connectivity index (χ1n) is 8.34. The van der Waals surface area contributed by atoms with Crippen molar-refractivity contribution in [1.82, 2.24) is 0 Å². The van der Waals surface area contributed by atoms with Crippen molar-refractivity contribution in [2.75, 3.05) is 11.1 Å². The van der Waals surface area contributed by atoms with Crippen LogP contribution in [-0.4, -0.2) is 11.7 Å². The highest BCUT2D eigenvalue weighted by Gasteiger charge is 2.09. The number of hydrogen-bond acceptors (Lipinski definition) is 3. The number of benzene rings is 3. The second-order valence-electron chi connectivity index (χ2n) is 5.87. The SMILES string of the molecule is O=C(CSc1ccc2ccccc2c1)Nc1ccccc1-c1cccs1. The average Bonchev–Trinajstić information content (AvgIpc) is 3.21. The maximum Gasteiger partial charge on any atom is 0.234 e. The Morgan fingerprint density at radius 3 is 2.54 bits per heavy atom. The molecule has 4 aromatic rings. The Morgan fingerprint density at radius 2 is 1.69 bits per heavy atom. The van der Waals surface area contributed by atoms with Crippen molar-refractivity contribution in [3.05, 3.63) is 84.2 Å². The zero-order valence-corrected chi connectivity index (χ0v) is 15.6. The normalized spacial score (nSPS) is 10.8. The van der Waals surface area contributed by atoms with Crippen LogP contribution in [-0.2, 0) is 4.79 Å². The van der Waals surface area contributed by atoms with Gasteiger partial charge in [-0.15, -0.1) is 23.1 Å². The van der Waals surface area contributed by atoms with Crippen molar-refractivity contribution in [3.63, 3.8) is 0 Å². The number of para-hydroxylation sites is 1.